The molecule has 20 heavy (non-hydrogen) atoms. The molecule has 0 atom stereocenters. The van der Waals surface area contributed by atoms with Crippen LogP contribution in [-0.2, 0) is 6.54 Å². The van der Waals surface area contributed by atoms with E-state index in [4.69, 9.17) is 5.84 Å². The second-order valence-electron chi connectivity index (χ2n) is 4.28. The highest BCUT2D eigenvalue weighted by molar-refractivity contribution is 5.91. The van der Waals surface area contributed by atoms with Crippen LogP contribution in [0.25, 0.3) is 0 Å². The lowest BCUT2D eigenvalue weighted by Gasteiger charge is -2.19. The lowest BCUT2D eigenvalue weighted by atomic mass is 10.3. The standard InChI is InChI=1S/C12H16N6O2/c1-17(9-3-2-4-10(19)7-9)5-6-18-8-11(15-16-18)12(20)14-13/h2-4,7-8,19H,5-6,13H2,1H3,(H,14,20). The van der Waals surface area contributed by atoms with Gasteiger partial charge >= 0.3 is 0 Å². The quantitative estimate of drug-likeness (QED) is 0.394. The number of hydrogen-bond acceptors (Lipinski definition) is 6. The number of nitrogen functional groups attached to an aromatic ring is 1. The summed E-state index contributed by atoms with van der Waals surface area (Å²) < 4.78 is 1.56. The first-order valence-corrected chi connectivity index (χ1v) is 6.01. The number of nitrogens with zero attached hydrogens (tertiary/aromatic N) is 4. The summed E-state index contributed by atoms with van der Waals surface area (Å²) >= 11 is 0. The number of phenols is 1. The number of rotatable bonds is 5. The summed E-state index contributed by atoms with van der Waals surface area (Å²) in [6.07, 6.45) is 1.53. The van der Waals surface area contributed by atoms with Crippen molar-refractivity contribution >= 4 is 11.6 Å². The van der Waals surface area contributed by atoms with Crippen LogP contribution in [0.2, 0.25) is 0 Å². The van der Waals surface area contributed by atoms with Crippen molar-refractivity contribution in [1.29, 1.82) is 0 Å². The number of amides is 1. The van der Waals surface area contributed by atoms with E-state index in [1.807, 2.05) is 23.4 Å². The Balaban J connectivity index is 1.95. The van der Waals surface area contributed by atoms with Gasteiger partial charge in [-0.2, -0.15) is 0 Å². The van der Waals surface area contributed by atoms with Crippen LogP contribution in [0.5, 0.6) is 5.75 Å². The summed E-state index contributed by atoms with van der Waals surface area (Å²) in [4.78, 5) is 13.2. The van der Waals surface area contributed by atoms with Gasteiger partial charge in [-0.3, -0.25) is 10.2 Å². The van der Waals surface area contributed by atoms with Crippen LogP contribution in [0.1, 0.15) is 10.5 Å². The minimum Gasteiger partial charge on any atom is -0.508 e. The van der Waals surface area contributed by atoms with E-state index in [9.17, 15) is 9.90 Å². The van der Waals surface area contributed by atoms with Crippen molar-refractivity contribution < 1.29 is 9.90 Å². The van der Waals surface area contributed by atoms with Gasteiger partial charge < -0.3 is 10.0 Å². The number of carbonyl (C=O) groups is 1. The highest BCUT2D eigenvalue weighted by atomic mass is 16.3. The molecule has 0 unspecified atom stereocenters. The number of carbonyl (C=O) groups excluding carboxylic acids is 1. The number of phenolic OH excluding ortho intramolecular Hbond substituents is 1. The van der Waals surface area contributed by atoms with Crippen molar-refractivity contribution in [3.8, 4) is 5.75 Å². The van der Waals surface area contributed by atoms with Crippen LogP contribution in [0.15, 0.2) is 30.5 Å². The number of benzene rings is 1. The molecule has 8 heteroatoms. The van der Waals surface area contributed by atoms with Gasteiger partial charge in [0.25, 0.3) is 5.91 Å². The van der Waals surface area contributed by atoms with Gasteiger partial charge in [-0.15, -0.1) is 5.10 Å². The smallest absolute Gasteiger partial charge is 0.287 e. The Kier molecular flexibility index (Phi) is 4.16. The minimum absolute atomic E-state index is 0.174. The van der Waals surface area contributed by atoms with Crippen LogP contribution in [0.3, 0.4) is 0 Å². The Labute approximate surface area is 115 Å². The number of hydrogen-bond donors (Lipinski definition) is 3. The molecular formula is C12H16N6O2. The van der Waals surface area contributed by atoms with Crippen LogP contribution < -0.4 is 16.2 Å². The third kappa shape index (κ3) is 3.23. The average molecular weight is 276 g/mol. The fourth-order valence-electron chi connectivity index (χ4n) is 1.70. The molecule has 106 valence electrons. The maximum atomic E-state index is 11.2. The predicted octanol–water partition coefficient (Wildman–Crippen LogP) is -0.276. The molecule has 2 aromatic rings. The Morgan fingerprint density at radius 1 is 1.55 bits per heavy atom. The first-order chi connectivity index (χ1) is 9.60. The molecule has 0 bridgehead atoms. The van der Waals surface area contributed by atoms with Gasteiger partial charge in [0, 0.05) is 25.3 Å². The molecule has 4 N–H and O–H groups in total. The normalized spacial score (nSPS) is 10.3. The van der Waals surface area contributed by atoms with E-state index in [0.29, 0.717) is 13.1 Å². The van der Waals surface area contributed by atoms with Gasteiger partial charge in [0.2, 0.25) is 0 Å². The minimum atomic E-state index is -0.474. The second kappa shape index (κ2) is 6.02. The zero-order valence-corrected chi connectivity index (χ0v) is 11.0. The molecule has 1 aromatic heterocycles. The third-order valence-electron chi connectivity index (χ3n) is 2.84. The monoisotopic (exact) mass is 276 g/mol. The molecule has 1 heterocycles. The number of nitrogens with two attached hydrogens (primary N) is 1. The average Bonchev–Trinajstić information content (AvgIpc) is 2.92. The molecular weight excluding hydrogens is 260 g/mol. The van der Waals surface area contributed by atoms with E-state index in [0.717, 1.165) is 5.69 Å². The van der Waals surface area contributed by atoms with E-state index < -0.39 is 5.91 Å². The van der Waals surface area contributed by atoms with Crippen molar-refractivity contribution in [3.63, 3.8) is 0 Å². The molecule has 1 aromatic carbocycles. The van der Waals surface area contributed by atoms with Crippen LogP contribution in [0, 0.1) is 0 Å². The number of anilines is 1. The Bertz CT molecular complexity index is 597. The molecule has 0 aliphatic heterocycles. The van der Waals surface area contributed by atoms with Gasteiger partial charge in [-0.1, -0.05) is 11.3 Å². The number of aromatic nitrogens is 3. The van der Waals surface area contributed by atoms with Gasteiger partial charge in [0.15, 0.2) is 5.69 Å². The molecule has 0 saturated heterocycles. The molecule has 0 fully saturated rings. The molecule has 0 saturated carbocycles. The largest absolute Gasteiger partial charge is 0.508 e. The zero-order valence-electron chi connectivity index (χ0n) is 11.0. The van der Waals surface area contributed by atoms with E-state index in [1.54, 1.807) is 22.9 Å². The lowest BCUT2D eigenvalue weighted by Crippen LogP contribution is -2.30. The second-order valence-corrected chi connectivity index (χ2v) is 4.28. The van der Waals surface area contributed by atoms with E-state index in [1.165, 1.54) is 6.20 Å². The Morgan fingerprint density at radius 3 is 3.05 bits per heavy atom. The summed E-state index contributed by atoms with van der Waals surface area (Å²) in [7, 11) is 1.90. The Hall–Kier alpha value is -2.61. The van der Waals surface area contributed by atoms with E-state index >= 15 is 0 Å². The molecule has 1 amide bonds. The third-order valence-corrected chi connectivity index (χ3v) is 2.84. The van der Waals surface area contributed by atoms with E-state index in [-0.39, 0.29) is 11.4 Å². The van der Waals surface area contributed by atoms with Crippen molar-refractivity contribution in [1.82, 2.24) is 20.4 Å². The Morgan fingerprint density at radius 2 is 2.35 bits per heavy atom. The van der Waals surface area contributed by atoms with E-state index in [2.05, 4.69) is 10.3 Å². The topological polar surface area (TPSA) is 109 Å². The highest BCUT2D eigenvalue weighted by Crippen LogP contribution is 2.18. The molecule has 0 radical (unpaired) electrons. The van der Waals surface area contributed by atoms with Gasteiger partial charge in [0.05, 0.1) is 12.7 Å². The maximum Gasteiger partial charge on any atom is 0.287 e. The summed E-state index contributed by atoms with van der Waals surface area (Å²) in [5, 5.41) is 17.0. The summed E-state index contributed by atoms with van der Waals surface area (Å²) in [5.74, 6) is 4.76. The molecule has 0 aliphatic carbocycles. The van der Waals surface area contributed by atoms with Gasteiger partial charge in [0.1, 0.15) is 5.75 Å². The van der Waals surface area contributed by atoms with Crippen LogP contribution >= 0.6 is 0 Å². The summed E-state index contributed by atoms with van der Waals surface area (Å²) in [6.45, 7) is 1.20. The first-order valence-electron chi connectivity index (χ1n) is 6.01. The maximum absolute atomic E-state index is 11.2. The zero-order chi connectivity index (χ0) is 14.5. The number of nitrogens with one attached hydrogen (secondary N) is 1. The number of hydrazine groups is 1. The fraction of sp³-hybridized carbons (Fsp3) is 0.250. The van der Waals surface area contributed by atoms with Crippen molar-refractivity contribution in [3.05, 3.63) is 36.2 Å². The molecule has 8 nitrogen and oxygen atoms in total. The van der Waals surface area contributed by atoms with Crippen molar-refractivity contribution in [2.24, 2.45) is 5.84 Å². The number of likely N-dealkylation sites (N-methyl/N-ethyl adjacent to an activating group) is 1. The molecule has 0 aliphatic rings. The molecule has 0 spiro atoms. The van der Waals surface area contributed by atoms with Crippen molar-refractivity contribution in [2.45, 2.75) is 6.54 Å². The SMILES string of the molecule is CN(CCn1cc(C(=O)NN)nn1)c1cccc(O)c1. The van der Waals surface area contributed by atoms with Crippen LogP contribution in [-0.4, -0.2) is 39.6 Å². The summed E-state index contributed by atoms with van der Waals surface area (Å²) in [6, 6.07) is 6.97. The van der Waals surface area contributed by atoms with Crippen molar-refractivity contribution in [2.75, 3.05) is 18.5 Å². The fourth-order valence-corrected chi connectivity index (χ4v) is 1.70. The predicted molar refractivity (Wildman–Crippen MR) is 73.1 cm³/mol. The van der Waals surface area contributed by atoms with Gasteiger partial charge in [-0.05, 0) is 12.1 Å². The van der Waals surface area contributed by atoms with Gasteiger partial charge in [-0.25, -0.2) is 10.5 Å². The molecule has 2 rings (SSSR count). The lowest BCUT2D eigenvalue weighted by molar-refractivity contribution is 0.0948. The highest BCUT2D eigenvalue weighted by Gasteiger charge is 2.09. The summed E-state index contributed by atoms with van der Waals surface area (Å²) in [5.41, 5.74) is 3.07. The first kappa shape index (κ1) is 13.8. The van der Waals surface area contributed by atoms with Crippen LogP contribution in [0.4, 0.5) is 5.69 Å². The number of aromatic hydroxyl groups is 1.